The first-order chi connectivity index (χ1) is 6.27. The Labute approximate surface area is 79.0 Å². The minimum Gasteiger partial charge on any atom is -0.468 e. The Morgan fingerprint density at radius 2 is 2.31 bits per heavy atom. The maximum absolute atomic E-state index is 8.79. The van der Waals surface area contributed by atoms with Crippen LogP contribution in [0.1, 0.15) is 18.2 Å². The molecular weight excluding hydrogens is 166 g/mol. The highest BCUT2D eigenvalue weighted by Gasteiger charge is 2.07. The molecule has 0 fully saturated rings. The van der Waals surface area contributed by atoms with Crippen molar-refractivity contribution in [3.63, 3.8) is 0 Å². The summed E-state index contributed by atoms with van der Waals surface area (Å²) in [5.41, 5.74) is 1.18. The number of likely N-dealkylation sites (N-methyl/N-ethyl adjacent to an activating group) is 1. The largest absolute Gasteiger partial charge is 0.468 e. The molecule has 0 unspecified atom stereocenters. The number of furan rings is 1. The van der Waals surface area contributed by atoms with E-state index in [1.54, 1.807) is 6.26 Å². The molecule has 0 aliphatic heterocycles. The average molecular weight is 183 g/mol. The predicted molar refractivity (Wildman–Crippen MR) is 51.5 cm³/mol. The molecule has 13 heavy (non-hydrogen) atoms. The highest BCUT2D eigenvalue weighted by molar-refractivity contribution is 5.14. The average Bonchev–Trinajstić information content (AvgIpc) is 2.51. The van der Waals surface area contributed by atoms with Gasteiger partial charge in [0, 0.05) is 6.54 Å². The van der Waals surface area contributed by atoms with Crippen molar-refractivity contribution in [2.45, 2.75) is 20.4 Å². The van der Waals surface area contributed by atoms with Gasteiger partial charge in [0.15, 0.2) is 0 Å². The normalized spacial score (nSPS) is 11.1. The Morgan fingerprint density at radius 1 is 1.54 bits per heavy atom. The summed E-state index contributed by atoms with van der Waals surface area (Å²) >= 11 is 0. The fourth-order valence-corrected chi connectivity index (χ4v) is 1.26. The minimum absolute atomic E-state index is 0.202. The summed E-state index contributed by atoms with van der Waals surface area (Å²) in [6.07, 6.45) is 1.71. The van der Waals surface area contributed by atoms with Gasteiger partial charge < -0.3 is 9.52 Å². The summed E-state index contributed by atoms with van der Waals surface area (Å²) in [7, 11) is 0. The molecule has 1 aromatic heterocycles. The van der Waals surface area contributed by atoms with Gasteiger partial charge in [-0.15, -0.1) is 0 Å². The number of nitrogens with zero attached hydrogens (tertiary/aromatic N) is 1. The summed E-state index contributed by atoms with van der Waals surface area (Å²) in [6.45, 7) is 6.74. The van der Waals surface area contributed by atoms with Crippen LogP contribution in [0.2, 0.25) is 0 Å². The van der Waals surface area contributed by atoms with Crippen LogP contribution in [0.15, 0.2) is 16.7 Å². The van der Waals surface area contributed by atoms with E-state index in [0.717, 1.165) is 18.8 Å². The molecule has 0 spiro atoms. The number of aliphatic hydroxyl groups excluding tert-OH is 1. The number of hydrogen-bond donors (Lipinski definition) is 1. The van der Waals surface area contributed by atoms with Gasteiger partial charge in [-0.3, -0.25) is 4.90 Å². The van der Waals surface area contributed by atoms with Crippen molar-refractivity contribution in [1.82, 2.24) is 4.90 Å². The summed E-state index contributed by atoms with van der Waals surface area (Å²) in [4.78, 5) is 2.14. The first-order valence-electron chi connectivity index (χ1n) is 4.64. The second kappa shape index (κ2) is 5.04. The van der Waals surface area contributed by atoms with Crippen molar-refractivity contribution in [1.29, 1.82) is 0 Å². The molecule has 0 radical (unpaired) electrons. The molecule has 1 aromatic rings. The van der Waals surface area contributed by atoms with E-state index in [4.69, 9.17) is 9.52 Å². The van der Waals surface area contributed by atoms with Gasteiger partial charge in [-0.05, 0) is 25.1 Å². The van der Waals surface area contributed by atoms with Crippen LogP contribution in [0.5, 0.6) is 0 Å². The standard InChI is InChI=1S/C10H17NO2/c1-3-11(5-6-12)8-10-9(2)4-7-13-10/h4,7,12H,3,5-6,8H2,1-2H3. The van der Waals surface area contributed by atoms with E-state index in [0.29, 0.717) is 6.54 Å². The van der Waals surface area contributed by atoms with Gasteiger partial charge >= 0.3 is 0 Å². The van der Waals surface area contributed by atoms with Crippen molar-refractivity contribution < 1.29 is 9.52 Å². The number of hydrogen-bond acceptors (Lipinski definition) is 3. The van der Waals surface area contributed by atoms with E-state index in [-0.39, 0.29) is 6.61 Å². The molecule has 3 heteroatoms. The lowest BCUT2D eigenvalue weighted by atomic mass is 10.2. The van der Waals surface area contributed by atoms with Crippen molar-refractivity contribution in [3.05, 3.63) is 23.7 Å². The third-order valence-electron chi connectivity index (χ3n) is 2.20. The van der Waals surface area contributed by atoms with E-state index in [1.807, 2.05) is 13.0 Å². The van der Waals surface area contributed by atoms with Crippen molar-refractivity contribution >= 4 is 0 Å². The van der Waals surface area contributed by atoms with Crippen LogP contribution >= 0.6 is 0 Å². The zero-order valence-electron chi connectivity index (χ0n) is 8.29. The van der Waals surface area contributed by atoms with Gasteiger partial charge in [0.25, 0.3) is 0 Å². The molecule has 0 aliphatic carbocycles. The van der Waals surface area contributed by atoms with Crippen LogP contribution in [-0.2, 0) is 6.54 Å². The van der Waals surface area contributed by atoms with Gasteiger partial charge in [0.1, 0.15) is 5.76 Å². The maximum Gasteiger partial charge on any atom is 0.120 e. The molecule has 1 heterocycles. The minimum atomic E-state index is 0.202. The number of rotatable bonds is 5. The molecule has 1 N–H and O–H groups in total. The first-order valence-corrected chi connectivity index (χ1v) is 4.64. The van der Waals surface area contributed by atoms with Crippen LogP contribution in [0.4, 0.5) is 0 Å². The van der Waals surface area contributed by atoms with E-state index in [2.05, 4.69) is 11.8 Å². The van der Waals surface area contributed by atoms with Gasteiger partial charge in [-0.1, -0.05) is 6.92 Å². The SMILES string of the molecule is CCN(CCO)Cc1occc1C. The zero-order valence-corrected chi connectivity index (χ0v) is 8.29. The van der Waals surface area contributed by atoms with Gasteiger partial charge in [-0.2, -0.15) is 0 Å². The summed E-state index contributed by atoms with van der Waals surface area (Å²) < 4.78 is 5.32. The lowest BCUT2D eigenvalue weighted by molar-refractivity contribution is 0.187. The van der Waals surface area contributed by atoms with E-state index < -0.39 is 0 Å². The third kappa shape index (κ3) is 2.86. The molecule has 0 amide bonds. The Balaban J connectivity index is 2.51. The maximum atomic E-state index is 8.79. The van der Waals surface area contributed by atoms with Crippen molar-refractivity contribution in [2.24, 2.45) is 0 Å². The lowest BCUT2D eigenvalue weighted by Gasteiger charge is -2.17. The van der Waals surface area contributed by atoms with E-state index >= 15 is 0 Å². The number of aliphatic hydroxyl groups is 1. The van der Waals surface area contributed by atoms with Gasteiger partial charge in [-0.25, -0.2) is 0 Å². The van der Waals surface area contributed by atoms with Crippen LogP contribution in [0.3, 0.4) is 0 Å². The third-order valence-corrected chi connectivity index (χ3v) is 2.20. The highest BCUT2D eigenvalue weighted by atomic mass is 16.3. The van der Waals surface area contributed by atoms with Crippen molar-refractivity contribution in [2.75, 3.05) is 19.7 Å². The molecule has 74 valence electrons. The quantitative estimate of drug-likeness (QED) is 0.749. The topological polar surface area (TPSA) is 36.6 Å². The first kappa shape index (κ1) is 10.3. The highest BCUT2D eigenvalue weighted by Crippen LogP contribution is 2.11. The fourth-order valence-electron chi connectivity index (χ4n) is 1.26. The van der Waals surface area contributed by atoms with Crippen LogP contribution < -0.4 is 0 Å². The van der Waals surface area contributed by atoms with Crippen molar-refractivity contribution in [3.8, 4) is 0 Å². The molecule has 0 aliphatic rings. The molecule has 0 aromatic carbocycles. The molecule has 0 saturated carbocycles. The lowest BCUT2D eigenvalue weighted by Crippen LogP contribution is -2.26. The Morgan fingerprint density at radius 3 is 2.77 bits per heavy atom. The zero-order chi connectivity index (χ0) is 9.68. The molecule has 0 bridgehead atoms. The Bertz CT molecular complexity index is 245. The van der Waals surface area contributed by atoms with Crippen LogP contribution in [-0.4, -0.2) is 29.7 Å². The Hall–Kier alpha value is -0.800. The Kier molecular flexibility index (Phi) is 3.99. The molecular formula is C10H17NO2. The molecule has 3 nitrogen and oxygen atoms in total. The molecule has 1 rings (SSSR count). The van der Waals surface area contributed by atoms with Gasteiger partial charge in [0.2, 0.25) is 0 Å². The second-order valence-corrected chi connectivity index (χ2v) is 3.12. The smallest absolute Gasteiger partial charge is 0.120 e. The molecule has 0 saturated heterocycles. The second-order valence-electron chi connectivity index (χ2n) is 3.12. The van der Waals surface area contributed by atoms with Crippen LogP contribution in [0, 0.1) is 6.92 Å². The predicted octanol–water partition coefficient (Wildman–Crippen LogP) is 1.40. The summed E-state index contributed by atoms with van der Waals surface area (Å²) in [5, 5.41) is 8.79. The van der Waals surface area contributed by atoms with E-state index in [9.17, 15) is 0 Å². The van der Waals surface area contributed by atoms with Crippen LogP contribution in [0.25, 0.3) is 0 Å². The summed E-state index contributed by atoms with van der Waals surface area (Å²) in [6, 6.07) is 1.96. The van der Waals surface area contributed by atoms with E-state index in [1.165, 1.54) is 5.56 Å². The fraction of sp³-hybridized carbons (Fsp3) is 0.600. The number of aryl methyl sites for hydroxylation is 1. The summed E-state index contributed by atoms with van der Waals surface area (Å²) in [5.74, 6) is 0.996. The van der Waals surface area contributed by atoms with Gasteiger partial charge in [0.05, 0.1) is 19.4 Å². The monoisotopic (exact) mass is 183 g/mol. The molecule has 0 atom stereocenters.